The van der Waals surface area contributed by atoms with Crippen molar-refractivity contribution in [1.29, 1.82) is 0 Å². The maximum atomic E-state index is 11.3. The van der Waals surface area contributed by atoms with Crippen LogP contribution < -0.4 is 5.32 Å². The molecule has 0 aliphatic rings. The number of aldehydes is 1. The van der Waals surface area contributed by atoms with Gasteiger partial charge in [-0.3, -0.25) is 0 Å². The normalized spacial score (nSPS) is 13.6. The van der Waals surface area contributed by atoms with E-state index >= 15 is 0 Å². The van der Waals surface area contributed by atoms with E-state index in [4.69, 9.17) is 0 Å². The van der Waals surface area contributed by atoms with Gasteiger partial charge in [-0.05, 0) is 24.6 Å². The quantitative estimate of drug-likeness (QED) is 0.809. The smallest absolute Gasteiger partial charge is 0.129 e. The molecule has 2 atom stereocenters. The van der Waals surface area contributed by atoms with Crippen LogP contribution in [-0.2, 0) is 4.79 Å². The van der Waals surface area contributed by atoms with E-state index in [1.807, 2.05) is 67.6 Å². The van der Waals surface area contributed by atoms with Crippen LogP contribution in [0.4, 0.5) is 5.69 Å². The van der Waals surface area contributed by atoms with Crippen molar-refractivity contribution >= 4 is 12.0 Å². The minimum atomic E-state index is -0.133. The molecule has 0 heterocycles. The van der Waals surface area contributed by atoms with Crippen LogP contribution in [0.2, 0.25) is 0 Å². The molecule has 2 aromatic rings. The predicted molar refractivity (Wildman–Crippen MR) is 74.8 cm³/mol. The standard InChI is InChI=1S/C16H17NO/c1-13(17-15-10-6-3-7-11-15)16(12-18)14-8-4-2-5-9-14/h2-13,16-17H,1H3. The molecule has 0 spiro atoms. The van der Waals surface area contributed by atoms with E-state index in [2.05, 4.69) is 5.32 Å². The molecule has 2 unspecified atom stereocenters. The lowest BCUT2D eigenvalue weighted by Gasteiger charge is -2.21. The Bertz CT molecular complexity index is 481. The molecule has 2 nitrogen and oxygen atoms in total. The monoisotopic (exact) mass is 239 g/mol. The van der Waals surface area contributed by atoms with E-state index < -0.39 is 0 Å². The molecule has 92 valence electrons. The van der Waals surface area contributed by atoms with E-state index in [1.54, 1.807) is 0 Å². The highest BCUT2D eigenvalue weighted by atomic mass is 16.1. The number of carbonyl (C=O) groups is 1. The Labute approximate surface area is 108 Å². The number of hydrogen-bond donors (Lipinski definition) is 1. The van der Waals surface area contributed by atoms with Crippen molar-refractivity contribution in [2.75, 3.05) is 5.32 Å². The van der Waals surface area contributed by atoms with E-state index in [9.17, 15) is 4.79 Å². The van der Waals surface area contributed by atoms with Gasteiger partial charge in [0.25, 0.3) is 0 Å². The maximum absolute atomic E-state index is 11.3. The first-order chi connectivity index (χ1) is 8.81. The summed E-state index contributed by atoms with van der Waals surface area (Å²) in [6.07, 6.45) is 1.01. The third kappa shape index (κ3) is 2.98. The summed E-state index contributed by atoms with van der Waals surface area (Å²) in [5.41, 5.74) is 2.08. The van der Waals surface area contributed by atoms with Gasteiger partial charge in [0.15, 0.2) is 0 Å². The number of para-hydroxylation sites is 1. The van der Waals surface area contributed by atoms with Crippen LogP contribution in [-0.4, -0.2) is 12.3 Å². The van der Waals surface area contributed by atoms with Gasteiger partial charge in [0.05, 0.1) is 5.92 Å². The molecule has 2 heteroatoms. The predicted octanol–water partition coefficient (Wildman–Crippen LogP) is 3.47. The zero-order valence-corrected chi connectivity index (χ0v) is 10.4. The molecule has 0 fully saturated rings. The fourth-order valence-electron chi connectivity index (χ4n) is 2.05. The van der Waals surface area contributed by atoms with Crippen LogP contribution in [0.1, 0.15) is 18.4 Å². The Morgan fingerprint density at radius 2 is 1.50 bits per heavy atom. The van der Waals surface area contributed by atoms with Gasteiger partial charge < -0.3 is 10.1 Å². The van der Waals surface area contributed by atoms with Crippen molar-refractivity contribution in [3.8, 4) is 0 Å². The Balaban J connectivity index is 2.11. The highest BCUT2D eigenvalue weighted by Gasteiger charge is 2.18. The molecular weight excluding hydrogens is 222 g/mol. The molecule has 2 aromatic carbocycles. The second-order valence-corrected chi connectivity index (χ2v) is 4.37. The van der Waals surface area contributed by atoms with Crippen LogP contribution in [0.3, 0.4) is 0 Å². The molecule has 0 aliphatic heterocycles. The molecule has 0 aromatic heterocycles. The van der Waals surface area contributed by atoms with Gasteiger partial charge in [-0.15, -0.1) is 0 Å². The van der Waals surface area contributed by atoms with E-state index in [0.717, 1.165) is 17.5 Å². The first-order valence-corrected chi connectivity index (χ1v) is 6.13. The molecule has 0 saturated heterocycles. The summed E-state index contributed by atoms with van der Waals surface area (Å²) in [6, 6.07) is 19.9. The Hall–Kier alpha value is -2.09. The average molecular weight is 239 g/mol. The summed E-state index contributed by atoms with van der Waals surface area (Å²) in [5, 5.41) is 3.36. The molecule has 0 saturated carbocycles. The molecule has 2 rings (SSSR count). The van der Waals surface area contributed by atoms with Crippen LogP contribution in [0.25, 0.3) is 0 Å². The van der Waals surface area contributed by atoms with Crippen LogP contribution in [0.15, 0.2) is 60.7 Å². The van der Waals surface area contributed by atoms with Gasteiger partial charge in [0.1, 0.15) is 6.29 Å². The zero-order valence-electron chi connectivity index (χ0n) is 10.4. The van der Waals surface area contributed by atoms with Crippen LogP contribution in [0.5, 0.6) is 0 Å². The van der Waals surface area contributed by atoms with Gasteiger partial charge >= 0.3 is 0 Å². The van der Waals surface area contributed by atoms with Crippen LogP contribution in [0, 0.1) is 0 Å². The Morgan fingerprint density at radius 3 is 2.06 bits per heavy atom. The minimum absolute atomic E-state index is 0.0623. The topological polar surface area (TPSA) is 29.1 Å². The van der Waals surface area contributed by atoms with Gasteiger partial charge in [-0.2, -0.15) is 0 Å². The average Bonchev–Trinajstić information content (AvgIpc) is 2.42. The lowest BCUT2D eigenvalue weighted by Crippen LogP contribution is -2.25. The number of rotatable bonds is 5. The zero-order chi connectivity index (χ0) is 12.8. The van der Waals surface area contributed by atoms with Crippen molar-refractivity contribution in [2.24, 2.45) is 0 Å². The highest BCUT2D eigenvalue weighted by Crippen LogP contribution is 2.20. The number of anilines is 1. The fraction of sp³-hybridized carbons (Fsp3) is 0.188. The summed E-state index contributed by atoms with van der Waals surface area (Å²) >= 11 is 0. The molecule has 0 amide bonds. The van der Waals surface area contributed by atoms with E-state index in [1.165, 1.54) is 0 Å². The maximum Gasteiger partial charge on any atom is 0.129 e. The summed E-state index contributed by atoms with van der Waals surface area (Å²) in [5.74, 6) is -0.133. The first-order valence-electron chi connectivity index (χ1n) is 6.13. The molecule has 18 heavy (non-hydrogen) atoms. The molecule has 1 N–H and O–H groups in total. The third-order valence-corrected chi connectivity index (χ3v) is 3.04. The summed E-state index contributed by atoms with van der Waals surface area (Å²) in [7, 11) is 0. The van der Waals surface area contributed by atoms with Crippen molar-refractivity contribution in [3.05, 3.63) is 66.2 Å². The summed E-state index contributed by atoms with van der Waals surface area (Å²) < 4.78 is 0. The lowest BCUT2D eigenvalue weighted by atomic mass is 9.94. The van der Waals surface area contributed by atoms with Crippen molar-refractivity contribution in [3.63, 3.8) is 0 Å². The summed E-state index contributed by atoms with van der Waals surface area (Å²) in [6.45, 7) is 2.03. The van der Waals surface area contributed by atoms with E-state index in [-0.39, 0.29) is 12.0 Å². The lowest BCUT2D eigenvalue weighted by molar-refractivity contribution is -0.109. The Kier molecular flexibility index (Phi) is 4.13. The first kappa shape index (κ1) is 12.4. The fourth-order valence-corrected chi connectivity index (χ4v) is 2.05. The van der Waals surface area contributed by atoms with Gasteiger partial charge in [-0.25, -0.2) is 0 Å². The van der Waals surface area contributed by atoms with Crippen molar-refractivity contribution < 1.29 is 4.79 Å². The Morgan fingerprint density at radius 1 is 0.944 bits per heavy atom. The molecule has 0 bridgehead atoms. The minimum Gasteiger partial charge on any atom is -0.382 e. The highest BCUT2D eigenvalue weighted by molar-refractivity contribution is 5.65. The van der Waals surface area contributed by atoms with Gasteiger partial charge in [0, 0.05) is 11.7 Å². The SMILES string of the molecule is CC(Nc1ccccc1)C(C=O)c1ccccc1. The van der Waals surface area contributed by atoms with Crippen LogP contribution >= 0.6 is 0 Å². The van der Waals surface area contributed by atoms with Crippen molar-refractivity contribution in [2.45, 2.75) is 18.9 Å². The molecule has 0 aliphatic carbocycles. The number of benzene rings is 2. The molecule has 0 radical (unpaired) electrons. The number of nitrogens with one attached hydrogen (secondary N) is 1. The van der Waals surface area contributed by atoms with Crippen molar-refractivity contribution in [1.82, 2.24) is 0 Å². The number of hydrogen-bond acceptors (Lipinski definition) is 2. The van der Waals surface area contributed by atoms with Gasteiger partial charge in [0.2, 0.25) is 0 Å². The molecular formula is C16H17NO. The summed E-state index contributed by atoms with van der Waals surface area (Å²) in [4.78, 5) is 11.3. The van der Waals surface area contributed by atoms with E-state index in [0.29, 0.717) is 0 Å². The largest absolute Gasteiger partial charge is 0.382 e. The third-order valence-electron chi connectivity index (χ3n) is 3.04. The second kappa shape index (κ2) is 6.01. The van der Waals surface area contributed by atoms with Gasteiger partial charge in [-0.1, -0.05) is 48.5 Å². The number of carbonyl (C=O) groups excluding carboxylic acids is 1. The second-order valence-electron chi connectivity index (χ2n) is 4.37.